The van der Waals surface area contributed by atoms with Gasteiger partial charge in [0.2, 0.25) is 0 Å². The van der Waals surface area contributed by atoms with Crippen LogP contribution in [-0.4, -0.2) is 13.1 Å². The first-order valence-corrected chi connectivity index (χ1v) is 6.91. The molecule has 0 aliphatic heterocycles. The lowest BCUT2D eigenvalue weighted by Crippen LogP contribution is -2.06. The van der Waals surface area contributed by atoms with Crippen LogP contribution in [-0.2, 0) is 4.74 Å². The number of methoxy groups -OCH3 is 1. The van der Waals surface area contributed by atoms with Crippen LogP contribution in [0.25, 0.3) is 10.8 Å². The Bertz CT molecular complexity index is 838. The van der Waals surface area contributed by atoms with E-state index < -0.39 is 5.97 Å². The molecule has 4 nitrogen and oxygen atoms in total. The number of anilines is 3. The van der Waals surface area contributed by atoms with Gasteiger partial charge in [-0.2, -0.15) is 0 Å². The Balaban J connectivity index is 2.07. The largest absolute Gasteiger partial charge is 0.465 e. The van der Waals surface area contributed by atoms with E-state index in [9.17, 15) is 4.79 Å². The summed E-state index contributed by atoms with van der Waals surface area (Å²) in [6, 6.07) is 19.2. The first kappa shape index (κ1) is 13.9. The van der Waals surface area contributed by atoms with E-state index in [1.807, 2.05) is 42.5 Å². The zero-order valence-electron chi connectivity index (χ0n) is 12.2. The number of hydrogen-bond acceptors (Lipinski definition) is 4. The van der Waals surface area contributed by atoms with Crippen molar-refractivity contribution >= 4 is 33.8 Å². The number of carbonyl (C=O) groups is 1. The highest BCUT2D eigenvalue weighted by Gasteiger charge is 2.13. The molecule has 0 atom stereocenters. The summed E-state index contributed by atoms with van der Waals surface area (Å²) in [6.07, 6.45) is 0. The van der Waals surface area contributed by atoms with Gasteiger partial charge in [-0.1, -0.05) is 36.4 Å². The standard InChI is InChI=1S/C18H16N2O2/c1-22-18(21)15-11-13(19)9-10-17(15)20-16-8-4-6-12-5-2-3-7-14(12)16/h2-11,20H,19H2,1H3. The number of nitrogens with one attached hydrogen (secondary N) is 1. The lowest BCUT2D eigenvalue weighted by atomic mass is 10.1. The third-order valence-electron chi connectivity index (χ3n) is 3.51. The van der Waals surface area contributed by atoms with Gasteiger partial charge in [-0.05, 0) is 29.7 Å². The minimum atomic E-state index is -0.421. The summed E-state index contributed by atoms with van der Waals surface area (Å²) in [4.78, 5) is 11.9. The van der Waals surface area contributed by atoms with Crippen molar-refractivity contribution in [3.8, 4) is 0 Å². The second kappa shape index (κ2) is 5.77. The number of nitrogen functional groups attached to an aromatic ring is 1. The summed E-state index contributed by atoms with van der Waals surface area (Å²) in [6.45, 7) is 0. The fourth-order valence-electron chi connectivity index (χ4n) is 2.43. The van der Waals surface area contributed by atoms with E-state index in [2.05, 4.69) is 5.32 Å². The molecule has 22 heavy (non-hydrogen) atoms. The number of nitrogens with two attached hydrogens (primary N) is 1. The number of ether oxygens (including phenoxy) is 1. The molecule has 3 N–H and O–H groups in total. The number of carbonyl (C=O) groups excluding carboxylic acids is 1. The third kappa shape index (κ3) is 2.59. The van der Waals surface area contributed by atoms with Crippen molar-refractivity contribution in [1.82, 2.24) is 0 Å². The second-order valence-electron chi connectivity index (χ2n) is 4.95. The molecule has 0 saturated carbocycles. The van der Waals surface area contributed by atoms with Gasteiger partial charge in [0.1, 0.15) is 0 Å². The van der Waals surface area contributed by atoms with Crippen molar-refractivity contribution in [2.45, 2.75) is 0 Å². The number of hydrogen-bond donors (Lipinski definition) is 2. The van der Waals surface area contributed by atoms with Crippen LogP contribution in [0.4, 0.5) is 17.1 Å². The van der Waals surface area contributed by atoms with Crippen molar-refractivity contribution < 1.29 is 9.53 Å². The van der Waals surface area contributed by atoms with Gasteiger partial charge in [0.05, 0.1) is 18.4 Å². The van der Waals surface area contributed by atoms with E-state index >= 15 is 0 Å². The Morgan fingerprint density at radius 1 is 1.00 bits per heavy atom. The minimum Gasteiger partial charge on any atom is -0.465 e. The van der Waals surface area contributed by atoms with Gasteiger partial charge >= 0.3 is 5.97 Å². The smallest absolute Gasteiger partial charge is 0.340 e. The van der Waals surface area contributed by atoms with E-state index in [1.54, 1.807) is 18.2 Å². The minimum absolute atomic E-state index is 0.412. The van der Waals surface area contributed by atoms with Crippen LogP contribution < -0.4 is 11.1 Å². The molecule has 0 fully saturated rings. The predicted octanol–water partition coefficient (Wildman–Crippen LogP) is 3.95. The van der Waals surface area contributed by atoms with Crippen molar-refractivity contribution in [2.75, 3.05) is 18.2 Å². The van der Waals surface area contributed by atoms with Crippen LogP contribution in [0.1, 0.15) is 10.4 Å². The van der Waals surface area contributed by atoms with E-state index in [-0.39, 0.29) is 0 Å². The highest BCUT2D eigenvalue weighted by atomic mass is 16.5. The maximum atomic E-state index is 11.9. The van der Waals surface area contributed by atoms with Gasteiger partial charge < -0.3 is 15.8 Å². The molecule has 3 aromatic carbocycles. The van der Waals surface area contributed by atoms with Crippen molar-refractivity contribution in [2.24, 2.45) is 0 Å². The van der Waals surface area contributed by atoms with Gasteiger partial charge in [0.15, 0.2) is 0 Å². The summed E-state index contributed by atoms with van der Waals surface area (Å²) in [5.74, 6) is -0.421. The zero-order valence-corrected chi connectivity index (χ0v) is 12.2. The number of esters is 1. The van der Waals surface area contributed by atoms with E-state index in [1.165, 1.54) is 7.11 Å². The Kier molecular flexibility index (Phi) is 3.66. The van der Waals surface area contributed by atoms with Gasteiger partial charge in [-0.15, -0.1) is 0 Å². The van der Waals surface area contributed by atoms with Gasteiger partial charge in [-0.3, -0.25) is 0 Å². The monoisotopic (exact) mass is 292 g/mol. The first-order chi connectivity index (χ1) is 10.7. The molecule has 0 radical (unpaired) electrons. The molecule has 0 bridgehead atoms. The highest BCUT2D eigenvalue weighted by molar-refractivity contribution is 6.00. The van der Waals surface area contributed by atoms with Crippen LogP contribution in [0, 0.1) is 0 Å². The van der Waals surface area contributed by atoms with Crippen molar-refractivity contribution in [3.63, 3.8) is 0 Å². The van der Waals surface area contributed by atoms with Crippen LogP contribution in [0.15, 0.2) is 60.7 Å². The Hall–Kier alpha value is -3.01. The summed E-state index contributed by atoms with van der Waals surface area (Å²) >= 11 is 0. The zero-order chi connectivity index (χ0) is 15.5. The molecule has 3 aromatic rings. The predicted molar refractivity (Wildman–Crippen MR) is 89.4 cm³/mol. The summed E-state index contributed by atoms with van der Waals surface area (Å²) in [7, 11) is 1.35. The Morgan fingerprint density at radius 2 is 1.77 bits per heavy atom. The molecule has 0 unspecified atom stereocenters. The first-order valence-electron chi connectivity index (χ1n) is 6.91. The Morgan fingerprint density at radius 3 is 2.59 bits per heavy atom. The van der Waals surface area contributed by atoms with Gasteiger partial charge in [0, 0.05) is 16.8 Å². The van der Waals surface area contributed by atoms with Crippen LogP contribution in [0.5, 0.6) is 0 Å². The lowest BCUT2D eigenvalue weighted by Gasteiger charge is -2.13. The molecule has 0 aromatic heterocycles. The van der Waals surface area contributed by atoms with E-state index in [4.69, 9.17) is 10.5 Å². The summed E-state index contributed by atoms with van der Waals surface area (Å²) < 4.78 is 4.82. The quantitative estimate of drug-likeness (QED) is 0.566. The molecule has 0 aliphatic carbocycles. The fourth-order valence-corrected chi connectivity index (χ4v) is 2.43. The molecule has 0 spiro atoms. The molecular formula is C18H16N2O2. The average molecular weight is 292 g/mol. The summed E-state index contributed by atoms with van der Waals surface area (Å²) in [5, 5.41) is 5.51. The molecular weight excluding hydrogens is 276 g/mol. The van der Waals surface area contributed by atoms with Gasteiger partial charge in [0.25, 0.3) is 0 Å². The normalized spacial score (nSPS) is 10.4. The number of rotatable bonds is 3. The molecule has 110 valence electrons. The average Bonchev–Trinajstić information content (AvgIpc) is 2.56. The molecule has 0 amide bonds. The maximum Gasteiger partial charge on any atom is 0.340 e. The molecule has 3 rings (SSSR count). The number of fused-ring (bicyclic) bond motifs is 1. The van der Waals surface area contributed by atoms with Crippen molar-refractivity contribution in [1.29, 1.82) is 0 Å². The maximum absolute atomic E-state index is 11.9. The topological polar surface area (TPSA) is 64.3 Å². The van der Waals surface area contributed by atoms with E-state index in [0.29, 0.717) is 16.9 Å². The van der Waals surface area contributed by atoms with Crippen LogP contribution in [0.2, 0.25) is 0 Å². The SMILES string of the molecule is COC(=O)c1cc(N)ccc1Nc1cccc2ccccc12. The molecule has 0 saturated heterocycles. The highest BCUT2D eigenvalue weighted by Crippen LogP contribution is 2.29. The fraction of sp³-hybridized carbons (Fsp3) is 0.0556. The number of benzene rings is 3. The second-order valence-corrected chi connectivity index (χ2v) is 4.95. The Labute approximate surface area is 128 Å². The van der Waals surface area contributed by atoms with Crippen LogP contribution in [0.3, 0.4) is 0 Å². The molecule has 0 aliphatic rings. The van der Waals surface area contributed by atoms with E-state index in [0.717, 1.165) is 16.5 Å². The van der Waals surface area contributed by atoms with Crippen molar-refractivity contribution in [3.05, 3.63) is 66.2 Å². The third-order valence-corrected chi connectivity index (χ3v) is 3.51. The summed E-state index contributed by atoms with van der Waals surface area (Å²) in [5.41, 5.74) is 8.29. The van der Waals surface area contributed by atoms with Crippen LogP contribution >= 0.6 is 0 Å². The molecule has 0 heterocycles. The molecule has 4 heteroatoms. The van der Waals surface area contributed by atoms with Gasteiger partial charge in [-0.25, -0.2) is 4.79 Å². The lowest BCUT2D eigenvalue weighted by molar-refractivity contribution is 0.0602.